The molecule has 0 bridgehead atoms. The van der Waals surface area contributed by atoms with Crippen molar-refractivity contribution in [3.8, 4) is 0 Å². The molecule has 65 heavy (non-hydrogen) atoms. The number of likely N-dealkylation sites (tertiary alicyclic amines) is 1. The number of carbonyl (C=O) groups excluding carboxylic acids is 3. The number of benzene rings is 4. The van der Waals surface area contributed by atoms with Gasteiger partial charge in [-0.3, -0.25) is 14.4 Å². The summed E-state index contributed by atoms with van der Waals surface area (Å²) in [4.78, 5) is 46.7. The van der Waals surface area contributed by atoms with Gasteiger partial charge in [0.15, 0.2) is 0 Å². The summed E-state index contributed by atoms with van der Waals surface area (Å²) >= 11 is 12.7. The lowest BCUT2D eigenvalue weighted by molar-refractivity contribution is -0.143. The Bertz CT molecular complexity index is 2330. The summed E-state index contributed by atoms with van der Waals surface area (Å²) < 4.78 is 95.6. The molecule has 0 radical (unpaired) electrons. The zero-order valence-electron chi connectivity index (χ0n) is 36.0. The van der Waals surface area contributed by atoms with Crippen LogP contribution in [0.3, 0.4) is 0 Å². The van der Waals surface area contributed by atoms with Crippen LogP contribution in [0, 0.1) is 0 Å². The fraction of sp³-hybridized carbons (Fsp3) is 0.438. The number of fused-ring (bicyclic) bond motifs is 2. The van der Waals surface area contributed by atoms with Gasteiger partial charge in [0, 0.05) is 56.8 Å². The number of carbonyl (C=O) groups is 3. The van der Waals surface area contributed by atoms with E-state index in [4.69, 9.17) is 32.7 Å². The van der Waals surface area contributed by atoms with Crippen LogP contribution in [-0.2, 0) is 48.9 Å². The van der Waals surface area contributed by atoms with Gasteiger partial charge in [0.25, 0.3) is 5.91 Å². The SMILES string of the molecule is CN(CCCC(=O)N(C)c1ccccc1)C(=O)CO[C@H]1Cc2ccccc2C12CCN(CC[C@@]1(c3ccc(Cl)c(Cl)c3)CN(C(=O)c3cc(C(F)(F)F)cc(C(F)(F)F)c3)CCO1)CC2. The van der Waals surface area contributed by atoms with Gasteiger partial charge < -0.3 is 29.1 Å². The molecule has 3 aliphatic rings. The predicted molar refractivity (Wildman–Crippen MR) is 235 cm³/mol. The number of ether oxygens (including phenoxy) is 2. The lowest BCUT2D eigenvalue weighted by Crippen LogP contribution is -2.54. The van der Waals surface area contributed by atoms with Crippen molar-refractivity contribution in [2.45, 2.75) is 68.0 Å². The Kier molecular flexibility index (Phi) is 14.6. The van der Waals surface area contributed by atoms with E-state index >= 15 is 0 Å². The summed E-state index contributed by atoms with van der Waals surface area (Å²) in [7, 11) is 3.44. The highest BCUT2D eigenvalue weighted by Gasteiger charge is 2.50. The molecule has 4 aromatic carbocycles. The molecule has 348 valence electrons. The third-order valence-electron chi connectivity index (χ3n) is 13.1. The van der Waals surface area contributed by atoms with Gasteiger partial charge in [0.05, 0.1) is 40.4 Å². The number of halogens is 8. The molecule has 0 aromatic heterocycles. The van der Waals surface area contributed by atoms with Crippen molar-refractivity contribution in [1.29, 1.82) is 0 Å². The Balaban J connectivity index is 1.02. The number of hydrogen-bond donors (Lipinski definition) is 0. The second-order valence-electron chi connectivity index (χ2n) is 17.1. The highest BCUT2D eigenvalue weighted by molar-refractivity contribution is 6.42. The summed E-state index contributed by atoms with van der Waals surface area (Å²) in [6.45, 7) is 1.72. The molecule has 2 atom stereocenters. The minimum Gasteiger partial charge on any atom is -0.367 e. The first-order valence-electron chi connectivity index (χ1n) is 21.5. The molecule has 2 heterocycles. The van der Waals surface area contributed by atoms with Crippen molar-refractivity contribution in [2.24, 2.45) is 0 Å². The molecule has 0 N–H and O–H groups in total. The summed E-state index contributed by atoms with van der Waals surface area (Å²) in [5.41, 5.74) is -1.80. The van der Waals surface area contributed by atoms with E-state index in [-0.39, 0.29) is 72.2 Å². The second kappa shape index (κ2) is 19.7. The molecule has 0 unspecified atom stereocenters. The average molecular weight is 948 g/mol. The minimum atomic E-state index is -5.12. The van der Waals surface area contributed by atoms with Gasteiger partial charge in [-0.05, 0) is 104 Å². The number of rotatable bonds is 13. The number of morpholine rings is 1. The van der Waals surface area contributed by atoms with Gasteiger partial charge in [-0.15, -0.1) is 0 Å². The van der Waals surface area contributed by atoms with E-state index < -0.39 is 40.6 Å². The second-order valence-corrected chi connectivity index (χ2v) is 17.9. The number of nitrogens with zero attached hydrogens (tertiary/aromatic N) is 4. The van der Waals surface area contributed by atoms with Gasteiger partial charge in [-0.25, -0.2) is 0 Å². The fourth-order valence-electron chi connectivity index (χ4n) is 9.38. The maximum atomic E-state index is 13.9. The topological polar surface area (TPSA) is 82.6 Å². The highest BCUT2D eigenvalue weighted by atomic mass is 35.5. The van der Waals surface area contributed by atoms with E-state index in [1.807, 2.05) is 42.5 Å². The lowest BCUT2D eigenvalue weighted by Gasteiger charge is -2.46. The molecule has 1 spiro atoms. The van der Waals surface area contributed by atoms with Gasteiger partial charge >= 0.3 is 12.4 Å². The minimum absolute atomic E-state index is 0.00343. The predicted octanol–water partition coefficient (Wildman–Crippen LogP) is 9.67. The Hall–Kier alpha value is -4.67. The van der Waals surface area contributed by atoms with E-state index in [1.165, 1.54) is 10.5 Å². The lowest BCUT2D eigenvalue weighted by atomic mass is 9.72. The number of para-hydroxylation sites is 1. The summed E-state index contributed by atoms with van der Waals surface area (Å²) in [5, 5.41) is 0.473. The van der Waals surface area contributed by atoms with Crippen LogP contribution in [0.2, 0.25) is 10.0 Å². The Morgan fingerprint density at radius 1 is 0.815 bits per heavy atom. The molecule has 0 saturated carbocycles. The van der Waals surface area contributed by atoms with Gasteiger partial charge in [-0.1, -0.05) is 71.7 Å². The molecular weight excluding hydrogens is 897 g/mol. The standard InChI is InChI=1S/C48H50Cl2F6N4O5/c1-57(19-8-13-42(61)58(2)37-10-4-3-5-11-37)43(62)30-64-41-27-32-9-6-7-12-38(32)45(41)16-20-59(21-17-45)22-18-46(34-14-15-39(49)40(50)29-34)31-60(23-24-65-46)44(63)33-25-35(47(51,52)53)28-36(26-33)48(54,55)56/h3-7,9-12,14-15,25-26,28-29,41H,8,13,16-24,27,30-31H2,1-2H3/t41-,46-/m0/s1. The number of amides is 3. The zero-order chi connectivity index (χ0) is 46.7. The highest BCUT2D eigenvalue weighted by Crippen LogP contribution is 2.48. The molecule has 9 nitrogen and oxygen atoms in total. The molecule has 1 aliphatic carbocycles. The maximum Gasteiger partial charge on any atom is 0.416 e. The van der Waals surface area contributed by atoms with Crippen LogP contribution in [0.5, 0.6) is 0 Å². The number of hydrogen-bond acceptors (Lipinski definition) is 6. The van der Waals surface area contributed by atoms with E-state index in [9.17, 15) is 40.7 Å². The van der Waals surface area contributed by atoms with Crippen LogP contribution in [0.25, 0.3) is 0 Å². The largest absolute Gasteiger partial charge is 0.416 e. The molecule has 7 rings (SSSR count). The normalized spacial score (nSPS) is 19.8. The molecule has 4 aromatic rings. The average Bonchev–Trinajstić information content (AvgIpc) is 3.59. The van der Waals surface area contributed by atoms with Crippen LogP contribution in [0.1, 0.15) is 70.3 Å². The molecule has 17 heteroatoms. The molecule has 3 amide bonds. The zero-order valence-corrected chi connectivity index (χ0v) is 37.5. The van der Waals surface area contributed by atoms with Crippen LogP contribution < -0.4 is 4.90 Å². The van der Waals surface area contributed by atoms with Crippen LogP contribution in [0.15, 0.2) is 91.0 Å². The Morgan fingerprint density at radius 3 is 2.14 bits per heavy atom. The maximum absolute atomic E-state index is 13.9. The van der Waals surface area contributed by atoms with E-state index in [0.29, 0.717) is 76.0 Å². The quantitative estimate of drug-likeness (QED) is 0.124. The number of piperidine rings is 1. The first-order valence-corrected chi connectivity index (χ1v) is 22.2. The first-order chi connectivity index (χ1) is 30.8. The van der Waals surface area contributed by atoms with Crippen LogP contribution >= 0.6 is 23.2 Å². The Labute approximate surface area is 384 Å². The molecule has 2 saturated heterocycles. The van der Waals surface area contributed by atoms with Gasteiger partial charge in [0.1, 0.15) is 12.2 Å². The van der Waals surface area contributed by atoms with Crippen LogP contribution in [0.4, 0.5) is 32.0 Å². The number of alkyl halides is 6. The van der Waals surface area contributed by atoms with Crippen molar-refractivity contribution >= 4 is 46.6 Å². The molecular formula is C48H50Cl2F6N4O5. The van der Waals surface area contributed by atoms with Gasteiger partial charge in [-0.2, -0.15) is 26.3 Å². The van der Waals surface area contributed by atoms with E-state index in [1.54, 1.807) is 42.1 Å². The van der Waals surface area contributed by atoms with E-state index in [0.717, 1.165) is 11.3 Å². The van der Waals surface area contributed by atoms with Crippen molar-refractivity contribution in [1.82, 2.24) is 14.7 Å². The fourth-order valence-corrected chi connectivity index (χ4v) is 9.68. The first kappa shape index (κ1) is 48.3. The third-order valence-corrected chi connectivity index (χ3v) is 13.9. The molecule has 2 fully saturated rings. The molecule has 2 aliphatic heterocycles. The summed E-state index contributed by atoms with van der Waals surface area (Å²) in [6, 6.07) is 23.3. The van der Waals surface area contributed by atoms with E-state index in [2.05, 4.69) is 17.0 Å². The number of likely N-dealkylation sites (N-methyl/N-ethyl adjacent to an activating group) is 1. The monoisotopic (exact) mass is 946 g/mol. The van der Waals surface area contributed by atoms with Crippen molar-refractivity contribution in [2.75, 3.05) is 71.5 Å². The van der Waals surface area contributed by atoms with Crippen LogP contribution in [-0.4, -0.2) is 105 Å². The number of anilines is 1. The third kappa shape index (κ3) is 10.8. The smallest absolute Gasteiger partial charge is 0.367 e. The summed E-state index contributed by atoms with van der Waals surface area (Å²) in [6.07, 6.45) is -7.38. The van der Waals surface area contributed by atoms with Crippen molar-refractivity contribution in [3.63, 3.8) is 0 Å². The Morgan fingerprint density at radius 2 is 1.48 bits per heavy atom. The van der Waals surface area contributed by atoms with Crippen molar-refractivity contribution in [3.05, 3.63) is 134 Å². The van der Waals surface area contributed by atoms with Gasteiger partial charge in [0.2, 0.25) is 11.8 Å². The summed E-state index contributed by atoms with van der Waals surface area (Å²) in [5.74, 6) is -1.22. The van der Waals surface area contributed by atoms with Crippen molar-refractivity contribution < 1.29 is 50.2 Å².